The lowest BCUT2D eigenvalue weighted by Gasteiger charge is -2.10. The number of rotatable bonds is 5. The van der Waals surface area contributed by atoms with Gasteiger partial charge in [-0.05, 0) is 26.0 Å². The standard InChI is InChI=1S/C12H16O3/c1-4-15-9(2)12(13)10-6-5-7-11(8-10)14-3/h5-9H,4H2,1-3H3. The van der Waals surface area contributed by atoms with Crippen LogP contribution in [0.1, 0.15) is 24.2 Å². The van der Waals surface area contributed by atoms with Gasteiger partial charge in [0, 0.05) is 12.2 Å². The highest BCUT2D eigenvalue weighted by Gasteiger charge is 2.15. The molecule has 0 fully saturated rings. The fraction of sp³-hybridized carbons (Fsp3) is 0.417. The molecule has 1 unspecified atom stereocenters. The minimum Gasteiger partial charge on any atom is -0.497 e. The van der Waals surface area contributed by atoms with Gasteiger partial charge in [0.1, 0.15) is 11.9 Å². The Hall–Kier alpha value is -1.35. The molecule has 0 saturated heterocycles. The monoisotopic (exact) mass is 208 g/mol. The maximum absolute atomic E-state index is 11.8. The molecule has 82 valence electrons. The minimum atomic E-state index is -0.401. The van der Waals surface area contributed by atoms with Crippen LogP contribution in [0.15, 0.2) is 24.3 Å². The van der Waals surface area contributed by atoms with E-state index in [0.717, 1.165) is 0 Å². The predicted molar refractivity (Wildman–Crippen MR) is 58.4 cm³/mol. The molecule has 0 radical (unpaired) electrons. The number of hydrogen-bond acceptors (Lipinski definition) is 3. The molecule has 0 bridgehead atoms. The predicted octanol–water partition coefficient (Wildman–Crippen LogP) is 2.30. The maximum Gasteiger partial charge on any atom is 0.191 e. The first-order valence-electron chi connectivity index (χ1n) is 4.99. The Morgan fingerprint density at radius 3 is 2.80 bits per heavy atom. The summed E-state index contributed by atoms with van der Waals surface area (Å²) < 4.78 is 10.3. The first-order chi connectivity index (χ1) is 7.19. The largest absolute Gasteiger partial charge is 0.497 e. The van der Waals surface area contributed by atoms with E-state index in [4.69, 9.17) is 9.47 Å². The second-order valence-electron chi connectivity index (χ2n) is 3.19. The Morgan fingerprint density at radius 1 is 1.47 bits per heavy atom. The average molecular weight is 208 g/mol. The summed E-state index contributed by atoms with van der Waals surface area (Å²) in [5, 5.41) is 0. The number of hydrogen-bond donors (Lipinski definition) is 0. The molecule has 0 N–H and O–H groups in total. The molecule has 1 atom stereocenters. The van der Waals surface area contributed by atoms with Crippen LogP contribution in [0.3, 0.4) is 0 Å². The Morgan fingerprint density at radius 2 is 2.20 bits per heavy atom. The van der Waals surface area contributed by atoms with Gasteiger partial charge in [-0.25, -0.2) is 0 Å². The van der Waals surface area contributed by atoms with Gasteiger partial charge in [0.25, 0.3) is 0 Å². The van der Waals surface area contributed by atoms with Gasteiger partial charge in [0.15, 0.2) is 5.78 Å². The van der Waals surface area contributed by atoms with Crippen molar-refractivity contribution in [3.8, 4) is 5.75 Å². The van der Waals surface area contributed by atoms with E-state index in [1.165, 1.54) is 0 Å². The van der Waals surface area contributed by atoms with Crippen molar-refractivity contribution in [2.75, 3.05) is 13.7 Å². The SMILES string of the molecule is CCOC(C)C(=O)c1cccc(OC)c1. The van der Waals surface area contributed by atoms with E-state index in [-0.39, 0.29) is 5.78 Å². The average Bonchev–Trinajstić information content (AvgIpc) is 2.28. The number of methoxy groups -OCH3 is 1. The first-order valence-corrected chi connectivity index (χ1v) is 4.99. The van der Waals surface area contributed by atoms with Crippen LogP contribution in [0.2, 0.25) is 0 Å². The summed E-state index contributed by atoms with van der Waals surface area (Å²) >= 11 is 0. The third-order valence-corrected chi connectivity index (χ3v) is 2.14. The van der Waals surface area contributed by atoms with Crippen molar-refractivity contribution < 1.29 is 14.3 Å². The zero-order valence-electron chi connectivity index (χ0n) is 9.32. The van der Waals surface area contributed by atoms with Crippen LogP contribution in [0.4, 0.5) is 0 Å². The van der Waals surface area contributed by atoms with Crippen LogP contribution < -0.4 is 4.74 Å². The summed E-state index contributed by atoms with van der Waals surface area (Å²) in [6.45, 7) is 4.16. The fourth-order valence-corrected chi connectivity index (χ4v) is 1.34. The molecule has 1 rings (SSSR count). The molecule has 3 heteroatoms. The lowest BCUT2D eigenvalue weighted by Crippen LogP contribution is -2.20. The van der Waals surface area contributed by atoms with E-state index in [9.17, 15) is 4.79 Å². The molecule has 0 spiro atoms. The molecule has 1 aromatic carbocycles. The van der Waals surface area contributed by atoms with Crippen molar-refractivity contribution >= 4 is 5.78 Å². The topological polar surface area (TPSA) is 35.5 Å². The normalized spacial score (nSPS) is 12.2. The molecule has 0 aliphatic heterocycles. The lowest BCUT2D eigenvalue weighted by molar-refractivity contribution is 0.0520. The summed E-state index contributed by atoms with van der Waals surface area (Å²) in [5.74, 6) is 0.667. The van der Waals surface area contributed by atoms with E-state index in [1.807, 2.05) is 13.0 Å². The van der Waals surface area contributed by atoms with Gasteiger partial charge in [-0.1, -0.05) is 12.1 Å². The molecule has 0 aromatic heterocycles. The molecule has 0 heterocycles. The molecule has 0 saturated carbocycles. The number of Topliss-reactive ketones (excluding diaryl/α,β-unsaturated/α-hetero) is 1. The van der Waals surface area contributed by atoms with E-state index in [2.05, 4.69) is 0 Å². The van der Waals surface area contributed by atoms with Gasteiger partial charge < -0.3 is 9.47 Å². The molecule has 1 aromatic rings. The minimum absolute atomic E-state index is 0.0178. The molecule has 15 heavy (non-hydrogen) atoms. The third-order valence-electron chi connectivity index (χ3n) is 2.14. The molecule has 0 aliphatic rings. The molecular weight excluding hydrogens is 192 g/mol. The van der Waals surface area contributed by atoms with Gasteiger partial charge >= 0.3 is 0 Å². The van der Waals surface area contributed by atoms with E-state index < -0.39 is 6.10 Å². The Bertz CT molecular complexity index is 333. The summed E-state index contributed by atoms with van der Waals surface area (Å²) in [6.07, 6.45) is -0.401. The lowest BCUT2D eigenvalue weighted by atomic mass is 10.1. The summed E-state index contributed by atoms with van der Waals surface area (Å²) in [7, 11) is 1.58. The molecule has 0 aliphatic carbocycles. The van der Waals surface area contributed by atoms with E-state index in [0.29, 0.717) is 17.9 Å². The third kappa shape index (κ3) is 3.06. The van der Waals surface area contributed by atoms with Crippen LogP contribution in [0, 0.1) is 0 Å². The molecular formula is C12H16O3. The van der Waals surface area contributed by atoms with Crippen LogP contribution in [-0.4, -0.2) is 25.6 Å². The Labute approximate surface area is 90.0 Å². The van der Waals surface area contributed by atoms with Gasteiger partial charge in [-0.2, -0.15) is 0 Å². The smallest absolute Gasteiger partial charge is 0.191 e. The number of ketones is 1. The van der Waals surface area contributed by atoms with Gasteiger partial charge in [0.05, 0.1) is 7.11 Å². The highest BCUT2D eigenvalue weighted by Crippen LogP contribution is 2.14. The van der Waals surface area contributed by atoms with Crippen molar-refractivity contribution in [2.24, 2.45) is 0 Å². The maximum atomic E-state index is 11.8. The van der Waals surface area contributed by atoms with Crippen molar-refractivity contribution in [3.05, 3.63) is 29.8 Å². The molecule has 3 nitrogen and oxygen atoms in total. The van der Waals surface area contributed by atoms with E-state index >= 15 is 0 Å². The van der Waals surface area contributed by atoms with Crippen LogP contribution >= 0.6 is 0 Å². The van der Waals surface area contributed by atoms with Crippen molar-refractivity contribution in [3.63, 3.8) is 0 Å². The quantitative estimate of drug-likeness (QED) is 0.696. The fourth-order valence-electron chi connectivity index (χ4n) is 1.34. The number of ether oxygens (including phenoxy) is 2. The second-order valence-corrected chi connectivity index (χ2v) is 3.19. The number of carbonyl (C=O) groups excluding carboxylic acids is 1. The van der Waals surface area contributed by atoms with E-state index in [1.54, 1.807) is 32.2 Å². The van der Waals surface area contributed by atoms with Crippen LogP contribution in [0.5, 0.6) is 5.75 Å². The summed E-state index contributed by atoms with van der Waals surface area (Å²) in [6, 6.07) is 7.09. The summed E-state index contributed by atoms with van der Waals surface area (Å²) in [4.78, 5) is 11.8. The second kappa shape index (κ2) is 5.51. The molecule has 0 amide bonds. The van der Waals surface area contributed by atoms with Crippen molar-refractivity contribution in [1.82, 2.24) is 0 Å². The zero-order chi connectivity index (χ0) is 11.3. The van der Waals surface area contributed by atoms with Gasteiger partial charge in [0.2, 0.25) is 0 Å². The van der Waals surface area contributed by atoms with Crippen molar-refractivity contribution in [2.45, 2.75) is 20.0 Å². The van der Waals surface area contributed by atoms with Crippen LogP contribution in [-0.2, 0) is 4.74 Å². The highest BCUT2D eigenvalue weighted by molar-refractivity contribution is 5.99. The van der Waals surface area contributed by atoms with Crippen molar-refractivity contribution in [1.29, 1.82) is 0 Å². The number of carbonyl (C=O) groups is 1. The Kier molecular flexibility index (Phi) is 4.31. The highest BCUT2D eigenvalue weighted by atomic mass is 16.5. The van der Waals surface area contributed by atoms with Crippen LogP contribution in [0.25, 0.3) is 0 Å². The Balaban J connectivity index is 2.81. The van der Waals surface area contributed by atoms with Gasteiger partial charge in [-0.3, -0.25) is 4.79 Å². The summed E-state index contributed by atoms with van der Waals surface area (Å²) in [5.41, 5.74) is 0.621. The zero-order valence-corrected chi connectivity index (χ0v) is 9.32. The van der Waals surface area contributed by atoms with Gasteiger partial charge in [-0.15, -0.1) is 0 Å². The number of benzene rings is 1. The first kappa shape index (κ1) is 11.7.